The fourth-order valence-electron chi connectivity index (χ4n) is 3.53. The smallest absolute Gasteiger partial charge is 0.339 e. The van der Waals surface area contributed by atoms with Crippen molar-refractivity contribution in [2.75, 3.05) is 0 Å². The van der Waals surface area contributed by atoms with Gasteiger partial charge in [0.1, 0.15) is 17.5 Å². The van der Waals surface area contributed by atoms with Crippen LogP contribution < -0.4 is 10.7 Å². The van der Waals surface area contributed by atoms with Gasteiger partial charge in [0.25, 0.3) is 0 Å². The van der Waals surface area contributed by atoms with Crippen molar-refractivity contribution in [2.24, 2.45) is 0 Å². The largest absolute Gasteiger partial charge is 0.507 e. The number of benzene rings is 2. The zero-order valence-electron chi connectivity index (χ0n) is 14.7. The molecule has 7 nitrogen and oxygen atoms in total. The van der Waals surface area contributed by atoms with Crippen LogP contribution in [-0.2, 0) is 0 Å². The predicted molar refractivity (Wildman–Crippen MR) is 104 cm³/mol. The molecule has 2 aromatic rings. The van der Waals surface area contributed by atoms with Crippen molar-refractivity contribution >= 4 is 17.7 Å². The van der Waals surface area contributed by atoms with Crippen molar-refractivity contribution in [1.29, 1.82) is 5.26 Å². The molecule has 4 N–H and O–H groups in total. The van der Waals surface area contributed by atoms with Crippen LogP contribution in [0.15, 0.2) is 65.2 Å². The Morgan fingerprint density at radius 1 is 1.21 bits per heavy atom. The summed E-state index contributed by atoms with van der Waals surface area (Å²) < 4.78 is 0. The van der Waals surface area contributed by atoms with E-state index in [1.165, 1.54) is 6.07 Å². The van der Waals surface area contributed by atoms with Crippen LogP contribution in [0.4, 0.5) is 0 Å². The molecule has 1 saturated heterocycles. The fraction of sp³-hybridized carbons (Fsp3) is 0.200. The Bertz CT molecular complexity index is 973. The van der Waals surface area contributed by atoms with Crippen LogP contribution in [0.1, 0.15) is 28.4 Å². The molecule has 1 fully saturated rings. The van der Waals surface area contributed by atoms with Gasteiger partial charge in [0.2, 0.25) is 0 Å². The molecule has 0 radical (unpaired) electrons. The lowest BCUT2D eigenvalue weighted by Crippen LogP contribution is -2.57. The molecule has 8 heteroatoms. The van der Waals surface area contributed by atoms with Gasteiger partial charge < -0.3 is 15.6 Å². The minimum atomic E-state index is -1.17. The van der Waals surface area contributed by atoms with Crippen LogP contribution in [-0.4, -0.2) is 32.7 Å². The maximum atomic E-state index is 11.4. The first-order valence-electron chi connectivity index (χ1n) is 8.76. The summed E-state index contributed by atoms with van der Waals surface area (Å²) in [5.74, 6) is -1.41. The standard InChI is InChI=1S/C20H18N4O3S/c21-10-12-11-22-24-17(28-13-5-2-1-3-6-13)9-16(23-19(12)24)14-7-4-8-15(18(14)25)20(26)27/h1-8,11,16-17,19,22-23,25H,9H2,(H,26,27). The third-order valence-electron chi connectivity index (χ3n) is 4.87. The number of rotatable bonds is 4. The van der Waals surface area contributed by atoms with Crippen molar-refractivity contribution in [1.82, 2.24) is 15.8 Å². The number of aromatic carboxylic acids is 1. The molecule has 2 aromatic carbocycles. The molecule has 0 aliphatic carbocycles. The van der Waals surface area contributed by atoms with Crippen LogP contribution in [0.5, 0.6) is 5.75 Å². The zero-order chi connectivity index (χ0) is 19.7. The van der Waals surface area contributed by atoms with E-state index in [4.69, 9.17) is 0 Å². The Morgan fingerprint density at radius 2 is 2.00 bits per heavy atom. The fourth-order valence-corrected chi connectivity index (χ4v) is 4.74. The third kappa shape index (κ3) is 3.31. The minimum Gasteiger partial charge on any atom is -0.507 e. The number of nitriles is 1. The maximum Gasteiger partial charge on any atom is 0.339 e. The maximum absolute atomic E-state index is 11.4. The van der Waals surface area contributed by atoms with E-state index in [-0.39, 0.29) is 28.9 Å². The molecular weight excluding hydrogens is 376 g/mol. The molecule has 3 atom stereocenters. The van der Waals surface area contributed by atoms with E-state index in [9.17, 15) is 20.3 Å². The Hall–Kier alpha value is -2.99. The second kappa shape index (κ2) is 7.56. The van der Waals surface area contributed by atoms with Gasteiger partial charge in [0, 0.05) is 22.7 Å². The number of nitrogens with zero attached hydrogens (tertiary/aromatic N) is 2. The molecular formula is C20H18N4O3S. The van der Waals surface area contributed by atoms with Crippen molar-refractivity contribution in [2.45, 2.75) is 28.9 Å². The third-order valence-corrected chi connectivity index (χ3v) is 6.10. The molecule has 3 unspecified atom stereocenters. The summed E-state index contributed by atoms with van der Waals surface area (Å²) in [6, 6.07) is 16.5. The molecule has 4 rings (SSSR count). The lowest BCUT2D eigenvalue weighted by atomic mass is 9.96. The van der Waals surface area contributed by atoms with E-state index in [1.54, 1.807) is 30.1 Å². The average Bonchev–Trinajstić information content (AvgIpc) is 3.12. The van der Waals surface area contributed by atoms with Crippen molar-refractivity contribution in [3.8, 4) is 11.8 Å². The SMILES string of the molecule is N#CC1=CNN2C(Sc3ccccc3)CC(c3cccc(C(=O)O)c3O)NC12. The highest BCUT2D eigenvalue weighted by Gasteiger charge is 2.41. The Kier molecular flexibility index (Phi) is 4.96. The van der Waals surface area contributed by atoms with E-state index in [0.29, 0.717) is 17.6 Å². The number of hydrogen-bond donors (Lipinski definition) is 4. The van der Waals surface area contributed by atoms with Crippen LogP contribution in [0.3, 0.4) is 0 Å². The monoisotopic (exact) mass is 394 g/mol. The lowest BCUT2D eigenvalue weighted by molar-refractivity contribution is 0.0692. The van der Waals surface area contributed by atoms with Crippen molar-refractivity contribution in [3.05, 3.63) is 71.4 Å². The summed E-state index contributed by atoms with van der Waals surface area (Å²) in [5, 5.41) is 34.6. The molecule has 142 valence electrons. The first-order chi connectivity index (χ1) is 13.6. The Balaban J connectivity index is 1.67. The summed E-state index contributed by atoms with van der Waals surface area (Å²) in [6.07, 6.45) is 1.91. The van der Waals surface area contributed by atoms with E-state index >= 15 is 0 Å². The molecule has 2 aliphatic rings. The second-order valence-electron chi connectivity index (χ2n) is 6.54. The van der Waals surface area contributed by atoms with Gasteiger partial charge in [-0.3, -0.25) is 5.32 Å². The van der Waals surface area contributed by atoms with E-state index in [0.717, 1.165) is 4.90 Å². The number of carboxylic acids is 1. The highest BCUT2D eigenvalue weighted by Crippen LogP contribution is 2.41. The first kappa shape index (κ1) is 18.4. The van der Waals surface area contributed by atoms with Crippen LogP contribution >= 0.6 is 11.8 Å². The number of aromatic hydroxyl groups is 1. The Morgan fingerprint density at radius 3 is 2.71 bits per heavy atom. The molecule has 0 saturated carbocycles. The number of phenols is 1. The number of hydrazine groups is 1. The van der Waals surface area contributed by atoms with Gasteiger partial charge in [-0.15, -0.1) is 11.8 Å². The number of nitrogens with one attached hydrogen (secondary N) is 2. The second-order valence-corrected chi connectivity index (χ2v) is 7.79. The number of carbonyl (C=O) groups is 1. The van der Waals surface area contributed by atoms with Gasteiger partial charge in [-0.25, -0.2) is 4.79 Å². The van der Waals surface area contributed by atoms with E-state index in [2.05, 4.69) is 16.8 Å². The number of thioether (sulfide) groups is 1. The molecule has 0 spiro atoms. The van der Waals surface area contributed by atoms with Gasteiger partial charge in [-0.2, -0.15) is 10.3 Å². The number of fused-ring (bicyclic) bond motifs is 1. The molecule has 2 heterocycles. The van der Waals surface area contributed by atoms with E-state index < -0.39 is 5.97 Å². The zero-order valence-corrected chi connectivity index (χ0v) is 15.6. The van der Waals surface area contributed by atoms with Crippen LogP contribution in [0.25, 0.3) is 0 Å². The number of para-hydroxylation sites is 1. The van der Waals surface area contributed by atoms with Crippen LogP contribution in [0, 0.1) is 11.3 Å². The topological polar surface area (TPSA) is 109 Å². The average molecular weight is 394 g/mol. The molecule has 2 aliphatic heterocycles. The van der Waals surface area contributed by atoms with Gasteiger partial charge >= 0.3 is 5.97 Å². The molecule has 0 aromatic heterocycles. The summed E-state index contributed by atoms with van der Waals surface area (Å²) in [7, 11) is 0. The summed E-state index contributed by atoms with van der Waals surface area (Å²) in [6.45, 7) is 0. The van der Waals surface area contributed by atoms with Gasteiger partial charge in [-0.05, 0) is 24.6 Å². The summed E-state index contributed by atoms with van der Waals surface area (Å²) in [5.41, 5.74) is 4.08. The summed E-state index contributed by atoms with van der Waals surface area (Å²) in [4.78, 5) is 12.5. The molecule has 28 heavy (non-hydrogen) atoms. The normalized spacial score (nSPS) is 24.0. The molecule has 0 bridgehead atoms. The predicted octanol–water partition coefficient (Wildman–Crippen LogP) is 2.80. The highest BCUT2D eigenvalue weighted by atomic mass is 32.2. The van der Waals surface area contributed by atoms with Crippen LogP contribution in [0.2, 0.25) is 0 Å². The number of carboxylic acid groups (broad SMARTS) is 1. The number of hydrogen-bond acceptors (Lipinski definition) is 7. The van der Waals surface area contributed by atoms with Gasteiger partial charge in [0.15, 0.2) is 0 Å². The first-order valence-corrected chi connectivity index (χ1v) is 9.64. The van der Waals surface area contributed by atoms with Crippen molar-refractivity contribution < 1.29 is 15.0 Å². The highest BCUT2D eigenvalue weighted by molar-refractivity contribution is 7.99. The Labute approximate surface area is 166 Å². The minimum absolute atomic E-state index is 0.0337. The molecule has 0 amide bonds. The van der Waals surface area contributed by atoms with Gasteiger partial charge in [-0.1, -0.05) is 30.3 Å². The van der Waals surface area contributed by atoms with Crippen molar-refractivity contribution in [3.63, 3.8) is 0 Å². The quantitative estimate of drug-likeness (QED) is 0.627. The van der Waals surface area contributed by atoms with E-state index in [1.807, 2.05) is 35.3 Å². The van der Waals surface area contributed by atoms with Gasteiger partial charge in [0.05, 0.1) is 17.0 Å². The summed E-state index contributed by atoms with van der Waals surface area (Å²) >= 11 is 1.65. The lowest BCUT2D eigenvalue weighted by Gasteiger charge is -2.42.